The number of Topliss-reactive ketones (excluding diaryl/α,β-unsaturated/α-hetero) is 1. The van der Waals surface area contributed by atoms with Crippen molar-refractivity contribution >= 4 is 17.6 Å². The lowest BCUT2D eigenvalue weighted by Crippen LogP contribution is -2.47. The number of ketones is 1. The van der Waals surface area contributed by atoms with Gasteiger partial charge in [-0.25, -0.2) is 0 Å². The molecule has 0 radical (unpaired) electrons. The lowest BCUT2D eigenvalue weighted by atomic mass is 9.95. The van der Waals surface area contributed by atoms with E-state index in [9.17, 15) is 14.4 Å². The van der Waals surface area contributed by atoms with Crippen LogP contribution in [0.1, 0.15) is 63.2 Å². The van der Waals surface area contributed by atoms with Gasteiger partial charge >= 0.3 is 0 Å². The predicted octanol–water partition coefficient (Wildman–Crippen LogP) is 3.20. The molecule has 0 bridgehead atoms. The molecule has 1 heterocycles. The Morgan fingerprint density at radius 2 is 1.93 bits per heavy atom. The van der Waals surface area contributed by atoms with E-state index in [1.165, 1.54) is 6.92 Å². The van der Waals surface area contributed by atoms with Crippen LogP contribution in [0.15, 0.2) is 24.3 Å². The highest BCUT2D eigenvalue weighted by molar-refractivity contribution is 5.94. The Labute approximate surface area is 167 Å². The summed E-state index contributed by atoms with van der Waals surface area (Å²) in [5.74, 6) is 0.465. The zero-order valence-electron chi connectivity index (χ0n) is 17.2. The highest BCUT2D eigenvalue weighted by atomic mass is 16.5. The molecule has 0 aromatic heterocycles. The van der Waals surface area contributed by atoms with Crippen LogP contribution in [0, 0.1) is 5.92 Å². The van der Waals surface area contributed by atoms with Crippen LogP contribution in [-0.2, 0) is 9.59 Å². The number of likely N-dealkylation sites (tertiary alicyclic amines) is 1. The minimum absolute atomic E-state index is 0.0193. The molecule has 1 N–H and O–H groups in total. The van der Waals surface area contributed by atoms with Crippen LogP contribution in [0.25, 0.3) is 0 Å². The predicted molar refractivity (Wildman–Crippen MR) is 108 cm³/mol. The maximum atomic E-state index is 12.7. The van der Waals surface area contributed by atoms with Crippen LogP contribution in [0.3, 0.4) is 0 Å². The van der Waals surface area contributed by atoms with Gasteiger partial charge in [-0.15, -0.1) is 0 Å². The fraction of sp³-hybridized carbons (Fsp3) is 0.591. The summed E-state index contributed by atoms with van der Waals surface area (Å²) in [7, 11) is 0. The van der Waals surface area contributed by atoms with Crippen LogP contribution in [0.2, 0.25) is 0 Å². The van der Waals surface area contributed by atoms with Gasteiger partial charge in [0.2, 0.25) is 5.91 Å². The first-order valence-electron chi connectivity index (χ1n) is 10.3. The summed E-state index contributed by atoms with van der Waals surface area (Å²) in [6, 6.07) is 6.86. The number of piperidine rings is 1. The van der Waals surface area contributed by atoms with Gasteiger partial charge in [-0.2, -0.15) is 0 Å². The molecule has 1 aromatic carbocycles. The van der Waals surface area contributed by atoms with E-state index in [0.29, 0.717) is 37.2 Å². The molecule has 0 spiro atoms. The molecule has 1 saturated heterocycles. The molecule has 154 valence electrons. The Morgan fingerprint density at radius 1 is 1.21 bits per heavy atom. The Kier molecular flexibility index (Phi) is 8.48. The summed E-state index contributed by atoms with van der Waals surface area (Å²) < 4.78 is 5.75. The summed E-state index contributed by atoms with van der Waals surface area (Å²) in [6.45, 7) is 7.21. The number of benzene rings is 1. The topological polar surface area (TPSA) is 75.7 Å². The van der Waals surface area contributed by atoms with Crippen LogP contribution >= 0.6 is 0 Å². The summed E-state index contributed by atoms with van der Waals surface area (Å²) in [6.07, 6.45) is 3.99. The van der Waals surface area contributed by atoms with E-state index < -0.39 is 6.10 Å². The minimum Gasteiger partial charge on any atom is -0.481 e. The van der Waals surface area contributed by atoms with E-state index in [1.54, 1.807) is 36.1 Å². The zero-order chi connectivity index (χ0) is 20.5. The SMILES string of the molecule is CCCCCNC(=O)C1CCN(C(=O)C(C)Oc2cccc(C(C)=O)c2)CC1. The summed E-state index contributed by atoms with van der Waals surface area (Å²) in [4.78, 5) is 38.2. The van der Waals surface area contributed by atoms with Crippen molar-refractivity contribution in [2.75, 3.05) is 19.6 Å². The van der Waals surface area contributed by atoms with Gasteiger partial charge in [0.15, 0.2) is 11.9 Å². The molecule has 0 aliphatic carbocycles. The molecule has 1 unspecified atom stereocenters. The summed E-state index contributed by atoms with van der Waals surface area (Å²) in [5.41, 5.74) is 0.558. The molecular weight excluding hydrogens is 356 g/mol. The summed E-state index contributed by atoms with van der Waals surface area (Å²) in [5, 5.41) is 3.01. The molecule has 6 nitrogen and oxygen atoms in total. The second-order valence-corrected chi connectivity index (χ2v) is 7.44. The standard InChI is InChI=1S/C22H32N2O4/c1-4-5-6-12-23-21(26)18-10-13-24(14-11-18)22(27)17(3)28-20-9-7-8-19(15-20)16(2)25/h7-9,15,17-18H,4-6,10-14H2,1-3H3,(H,23,26). The van der Waals surface area contributed by atoms with Gasteiger partial charge in [0.05, 0.1) is 0 Å². The van der Waals surface area contributed by atoms with E-state index in [4.69, 9.17) is 4.74 Å². The Hall–Kier alpha value is -2.37. The van der Waals surface area contributed by atoms with Crippen molar-refractivity contribution in [3.05, 3.63) is 29.8 Å². The fourth-order valence-electron chi connectivity index (χ4n) is 3.39. The van der Waals surface area contributed by atoms with Gasteiger partial charge < -0.3 is 15.0 Å². The molecule has 2 amide bonds. The molecule has 1 aromatic rings. The highest BCUT2D eigenvalue weighted by Crippen LogP contribution is 2.20. The number of carbonyl (C=O) groups excluding carboxylic acids is 3. The van der Waals surface area contributed by atoms with E-state index >= 15 is 0 Å². The van der Waals surface area contributed by atoms with Crippen LogP contribution in [0.4, 0.5) is 0 Å². The average Bonchev–Trinajstić information content (AvgIpc) is 2.70. The second kappa shape index (κ2) is 10.8. The van der Waals surface area contributed by atoms with Gasteiger partial charge in [0.1, 0.15) is 5.75 Å². The lowest BCUT2D eigenvalue weighted by molar-refractivity contribution is -0.141. The number of ether oxygens (including phenoxy) is 1. The first-order valence-corrected chi connectivity index (χ1v) is 10.3. The van der Waals surface area contributed by atoms with Crippen LogP contribution in [-0.4, -0.2) is 48.2 Å². The van der Waals surface area contributed by atoms with Crippen molar-refractivity contribution in [2.45, 2.75) is 59.0 Å². The molecular formula is C22H32N2O4. The molecule has 28 heavy (non-hydrogen) atoms. The third-order valence-electron chi connectivity index (χ3n) is 5.16. The molecule has 6 heteroatoms. The minimum atomic E-state index is -0.637. The van der Waals surface area contributed by atoms with Crippen molar-refractivity contribution in [1.82, 2.24) is 10.2 Å². The first kappa shape index (κ1) is 21.9. The van der Waals surface area contributed by atoms with E-state index in [-0.39, 0.29) is 23.5 Å². The van der Waals surface area contributed by atoms with Gasteiger partial charge in [-0.3, -0.25) is 14.4 Å². The van der Waals surface area contributed by atoms with Gasteiger partial charge in [0.25, 0.3) is 5.91 Å². The molecule has 1 aliphatic heterocycles. The smallest absolute Gasteiger partial charge is 0.263 e. The van der Waals surface area contributed by atoms with Crippen molar-refractivity contribution in [2.24, 2.45) is 5.92 Å². The number of nitrogens with zero attached hydrogens (tertiary/aromatic N) is 1. The van der Waals surface area contributed by atoms with Crippen molar-refractivity contribution in [3.63, 3.8) is 0 Å². The molecule has 1 aliphatic rings. The number of carbonyl (C=O) groups is 3. The van der Waals surface area contributed by atoms with Gasteiger partial charge in [-0.05, 0) is 45.2 Å². The van der Waals surface area contributed by atoms with E-state index in [0.717, 1.165) is 25.8 Å². The zero-order valence-corrected chi connectivity index (χ0v) is 17.2. The maximum absolute atomic E-state index is 12.7. The number of hydrogen-bond acceptors (Lipinski definition) is 4. The molecule has 1 fully saturated rings. The van der Waals surface area contributed by atoms with E-state index in [2.05, 4.69) is 12.2 Å². The van der Waals surface area contributed by atoms with Gasteiger partial charge in [-0.1, -0.05) is 31.9 Å². The van der Waals surface area contributed by atoms with Crippen LogP contribution in [0.5, 0.6) is 5.75 Å². The first-order chi connectivity index (χ1) is 13.4. The number of hydrogen-bond donors (Lipinski definition) is 1. The van der Waals surface area contributed by atoms with Crippen LogP contribution < -0.4 is 10.1 Å². The monoisotopic (exact) mass is 388 g/mol. The van der Waals surface area contributed by atoms with Crippen molar-refractivity contribution in [3.8, 4) is 5.75 Å². The fourth-order valence-corrected chi connectivity index (χ4v) is 3.39. The summed E-state index contributed by atoms with van der Waals surface area (Å²) >= 11 is 0. The normalized spacial score (nSPS) is 15.8. The average molecular weight is 389 g/mol. The molecule has 0 saturated carbocycles. The highest BCUT2D eigenvalue weighted by Gasteiger charge is 2.29. The number of unbranched alkanes of at least 4 members (excludes halogenated alkanes) is 2. The molecule has 1 atom stereocenters. The van der Waals surface area contributed by atoms with Crippen molar-refractivity contribution in [1.29, 1.82) is 0 Å². The quantitative estimate of drug-likeness (QED) is 0.521. The third kappa shape index (κ3) is 6.36. The lowest BCUT2D eigenvalue weighted by Gasteiger charge is -2.33. The Morgan fingerprint density at radius 3 is 2.57 bits per heavy atom. The second-order valence-electron chi connectivity index (χ2n) is 7.44. The third-order valence-corrected chi connectivity index (χ3v) is 5.16. The maximum Gasteiger partial charge on any atom is 0.263 e. The largest absolute Gasteiger partial charge is 0.481 e. The van der Waals surface area contributed by atoms with E-state index in [1.807, 2.05) is 0 Å². The number of amides is 2. The molecule has 2 rings (SSSR count). The Balaban J connectivity index is 1.80. The number of nitrogens with one attached hydrogen (secondary N) is 1. The Bertz CT molecular complexity index is 681. The van der Waals surface area contributed by atoms with Gasteiger partial charge in [0, 0.05) is 31.1 Å². The number of rotatable bonds is 9. The van der Waals surface area contributed by atoms with Crippen molar-refractivity contribution < 1.29 is 19.1 Å².